The Morgan fingerprint density at radius 1 is 1.12 bits per heavy atom. The molecule has 3 N–H and O–H groups in total. The number of methoxy groups -OCH3 is 3. The summed E-state index contributed by atoms with van der Waals surface area (Å²) in [5.41, 5.74) is 1.23. The van der Waals surface area contributed by atoms with Crippen molar-refractivity contribution in [2.45, 2.75) is 19.1 Å². The van der Waals surface area contributed by atoms with Gasteiger partial charge < -0.3 is 34.6 Å². The van der Waals surface area contributed by atoms with Gasteiger partial charge in [0.25, 0.3) is 0 Å². The maximum Gasteiger partial charge on any atom is 0.221 e. The van der Waals surface area contributed by atoms with Crippen LogP contribution in [0, 0.1) is 0 Å². The van der Waals surface area contributed by atoms with Gasteiger partial charge in [-0.3, -0.25) is 4.79 Å². The number of nitrogens with one attached hydrogen (secondary N) is 1. The van der Waals surface area contributed by atoms with Crippen molar-refractivity contribution in [1.82, 2.24) is 0 Å². The molecule has 0 heterocycles. The minimum atomic E-state index is -0.756. The highest BCUT2D eigenvalue weighted by molar-refractivity contribution is 5.89. The molecule has 0 aliphatic rings. The topological polar surface area (TPSA) is 100 Å². The lowest BCUT2D eigenvalue weighted by molar-refractivity contribution is -0.114. The van der Waals surface area contributed by atoms with Crippen LogP contribution in [-0.2, 0) is 14.3 Å². The zero-order valence-corrected chi connectivity index (χ0v) is 15.2. The van der Waals surface area contributed by atoms with E-state index in [1.165, 1.54) is 28.3 Å². The van der Waals surface area contributed by atoms with E-state index < -0.39 is 12.2 Å². The van der Waals surface area contributed by atoms with Gasteiger partial charge in [-0.05, 0) is 18.2 Å². The summed E-state index contributed by atoms with van der Waals surface area (Å²) in [5, 5.41) is 22.9. The van der Waals surface area contributed by atoms with Gasteiger partial charge in [0.05, 0.1) is 38.2 Å². The number of nitrogens with zero attached hydrogens (tertiary/aromatic N) is 1. The van der Waals surface area contributed by atoms with E-state index in [2.05, 4.69) is 5.32 Å². The first kappa shape index (κ1) is 21.2. The van der Waals surface area contributed by atoms with E-state index in [4.69, 9.17) is 14.2 Å². The second-order valence-corrected chi connectivity index (χ2v) is 5.69. The number of anilines is 2. The lowest BCUT2D eigenvalue weighted by Gasteiger charge is -2.30. The van der Waals surface area contributed by atoms with Gasteiger partial charge in [0.1, 0.15) is 5.75 Å². The van der Waals surface area contributed by atoms with Crippen LogP contribution < -0.4 is 15.0 Å². The maximum absolute atomic E-state index is 11.3. The van der Waals surface area contributed by atoms with E-state index in [-0.39, 0.29) is 32.2 Å². The number of ether oxygens (including phenoxy) is 3. The summed E-state index contributed by atoms with van der Waals surface area (Å²) in [6.07, 6.45) is -1.51. The zero-order valence-electron chi connectivity index (χ0n) is 15.2. The van der Waals surface area contributed by atoms with Crippen LogP contribution in [-0.4, -0.2) is 76.0 Å². The molecule has 0 saturated carbocycles. The first-order valence-corrected chi connectivity index (χ1v) is 7.95. The van der Waals surface area contributed by atoms with E-state index in [0.717, 1.165) is 0 Å². The molecule has 1 aromatic carbocycles. The number of aliphatic hydroxyl groups excluding tert-OH is 2. The monoisotopic (exact) mass is 356 g/mol. The predicted molar refractivity (Wildman–Crippen MR) is 95.3 cm³/mol. The van der Waals surface area contributed by atoms with Gasteiger partial charge in [-0.1, -0.05) is 0 Å². The second kappa shape index (κ2) is 10.9. The molecule has 0 aliphatic carbocycles. The Kier molecular flexibility index (Phi) is 9.22. The summed E-state index contributed by atoms with van der Waals surface area (Å²) >= 11 is 0. The lowest BCUT2D eigenvalue weighted by Crippen LogP contribution is -2.41. The maximum atomic E-state index is 11.3. The normalized spacial score (nSPS) is 13.2. The van der Waals surface area contributed by atoms with Crippen LogP contribution in [0.25, 0.3) is 0 Å². The highest BCUT2D eigenvalue weighted by Gasteiger charge is 2.20. The molecule has 0 radical (unpaired) electrons. The van der Waals surface area contributed by atoms with Gasteiger partial charge >= 0.3 is 0 Å². The van der Waals surface area contributed by atoms with E-state index in [0.29, 0.717) is 17.1 Å². The third kappa shape index (κ3) is 7.27. The van der Waals surface area contributed by atoms with Gasteiger partial charge in [-0.2, -0.15) is 0 Å². The van der Waals surface area contributed by atoms with Crippen LogP contribution in [0.5, 0.6) is 5.75 Å². The van der Waals surface area contributed by atoms with Gasteiger partial charge in [-0.25, -0.2) is 0 Å². The Hall–Kier alpha value is -1.87. The number of carbonyl (C=O) groups excluding carboxylic acids is 1. The molecule has 0 aromatic heterocycles. The van der Waals surface area contributed by atoms with Crippen molar-refractivity contribution in [2.24, 2.45) is 0 Å². The van der Waals surface area contributed by atoms with Crippen LogP contribution in [0.2, 0.25) is 0 Å². The number of hydrogen-bond donors (Lipinski definition) is 3. The van der Waals surface area contributed by atoms with E-state index in [9.17, 15) is 15.0 Å². The molecule has 0 aliphatic heterocycles. The van der Waals surface area contributed by atoms with Crippen LogP contribution in [0.3, 0.4) is 0 Å². The molecule has 1 amide bonds. The molecular weight excluding hydrogens is 328 g/mol. The molecule has 2 unspecified atom stereocenters. The molecule has 0 saturated heterocycles. The highest BCUT2D eigenvalue weighted by Crippen LogP contribution is 2.32. The number of rotatable bonds is 11. The number of benzene rings is 1. The van der Waals surface area contributed by atoms with Gasteiger partial charge in [0.15, 0.2) is 0 Å². The summed E-state index contributed by atoms with van der Waals surface area (Å²) in [4.78, 5) is 13.1. The molecule has 0 fully saturated rings. The van der Waals surface area contributed by atoms with Crippen LogP contribution >= 0.6 is 0 Å². The SMILES string of the molecule is COCC(O)CN(CC(O)COC)c1cc(NC(C)=O)ccc1OC. The largest absolute Gasteiger partial charge is 0.495 e. The Labute approximate surface area is 148 Å². The summed E-state index contributed by atoms with van der Waals surface area (Å²) in [6.45, 7) is 2.17. The molecule has 8 nitrogen and oxygen atoms in total. The summed E-state index contributed by atoms with van der Waals surface area (Å²) in [7, 11) is 4.54. The van der Waals surface area contributed by atoms with Gasteiger partial charge in [0.2, 0.25) is 5.91 Å². The number of amides is 1. The fourth-order valence-electron chi connectivity index (χ4n) is 2.49. The van der Waals surface area contributed by atoms with E-state index in [1.54, 1.807) is 23.1 Å². The van der Waals surface area contributed by atoms with Crippen LogP contribution in [0.1, 0.15) is 6.92 Å². The third-order valence-corrected chi connectivity index (χ3v) is 3.42. The summed E-state index contributed by atoms with van der Waals surface area (Å²) in [5.74, 6) is 0.366. The van der Waals surface area contributed by atoms with Crippen molar-refractivity contribution in [2.75, 3.05) is 57.8 Å². The predicted octanol–water partition coefficient (Wildman–Crippen LogP) is 0.475. The van der Waals surface area contributed by atoms with Gasteiger partial charge in [0, 0.05) is 39.9 Å². The van der Waals surface area contributed by atoms with Gasteiger partial charge in [-0.15, -0.1) is 0 Å². The summed E-state index contributed by atoms with van der Waals surface area (Å²) < 4.78 is 15.3. The second-order valence-electron chi connectivity index (χ2n) is 5.69. The zero-order chi connectivity index (χ0) is 18.8. The van der Waals surface area contributed by atoms with E-state index in [1.807, 2.05) is 0 Å². The highest BCUT2D eigenvalue weighted by atomic mass is 16.5. The first-order chi connectivity index (χ1) is 11.9. The number of hydrogen-bond acceptors (Lipinski definition) is 7. The minimum absolute atomic E-state index is 0.157. The molecule has 25 heavy (non-hydrogen) atoms. The molecule has 2 atom stereocenters. The molecule has 0 bridgehead atoms. The molecular formula is C17H28N2O6. The average molecular weight is 356 g/mol. The standard InChI is InChI=1S/C17H28N2O6/c1-12(20)18-13-5-6-17(25-4)16(7-13)19(8-14(21)10-23-2)9-15(22)11-24-3/h5-7,14-15,21-22H,8-11H2,1-4H3,(H,18,20). The molecule has 1 aromatic rings. The van der Waals surface area contributed by atoms with Crippen molar-refractivity contribution >= 4 is 17.3 Å². The Morgan fingerprint density at radius 2 is 1.68 bits per heavy atom. The molecule has 1 rings (SSSR count). The minimum Gasteiger partial charge on any atom is -0.495 e. The molecule has 8 heteroatoms. The quantitative estimate of drug-likeness (QED) is 0.530. The lowest BCUT2D eigenvalue weighted by atomic mass is 10.2. The van der Waals surface area contributed by atoms with E-state index >= 15 is 0 Å². The Balaban J connectivity index is 3.13. The molecule has 0 spiro atoms. The van der Waals surface area contributed by atoms with Crippen molar-refractivity contribution in [3.8, 4) is 5.75 Å². The number of aliphatic hydroxyl groups is 2. The Morgan fingerprint density at radius 3 is 2.12 bits per heavy atom. The number of carbonyl (C=O) groups is 1. The fourth-order valence-corrected chi connectivity index (χ4v) is 2.49. The Bertz CT molecular complexity index is 526. The fraction of sp³-hybridized carbons (Fsp3) is 0.588. The third-order valence-electron chi connectivity index (χ3n) is 3.42. The average Bonchev–Trinajstić information content (AvgIpc) is 2.54. The molecule has 142 valence electrons. The van der Waals surface area contributed by atoms with Crippen LogP contribution in [0.4, 0.5) is 11.4 Å². The van der Waals surface area contributed by atoms with Crippen molar-refractivity contribution in [3.05, 3.63) is 18.2 Å². The van der Waals surface area contributed by atoms with Crippen molar-refractivity contribution < 1.29 is 29.2 Å². The summed E-state index contributed by atoms with van der Waals surface area (Å²) in [6, 6.07) is 5.18. The first-order valence-electron chi connectivity index (χ1n) is 7.95. The van der Waals surface area contributed by atoms with Crippen molar-refractivity contribution in [3.63, 3.8) is 0 Å². The smallest absolute Gasteiger partial charge is 0.221 e. The van der Waals surface area contributed by atoms with Crippen molar-refractivity contribution in [1.29, 1.82) is 0 Å². The van der Waals surface area contributed by atoms with Crippen LogP contribution in [0.15, 0.2) is 18.2 Å².